The van der Waals surface area contributed by atoms with Crippen molar-refractivity contribution in [2.45, 2.75) is 39.0 Å². The molecule has 0 unspecified atom stereocenters. The quantitative estimate of drug-likeness (QED) is 0.586. The molecule has 0 spiro atoms. The minimum atomic E-state index is -0.254. The van der Waals surface area contributed by atoms with Gasteiger partial charge in [0, 0.05) is 31.2 Å². The Morgan fingerprint density at radius 2 is 1.92 bits per heavy atom. The van der Waals surface area contributed by atoms with Crippen LogP contribution in [-0.4, -0.2) is 43.1 Å². The van der Waals surface area contributed by atoms with E-state index in [2.05, 4.69) is 12.2 Å². The van der Waals surface area contributed by atoms with Crippen LogP contribution in [0.3, 0.4) is 0 Å². The first-order valence-electron chi connectivity index (χ1n) is 9.14. The Hall–Kier alpha value is -2.24. The molecular weight excluding hydrogens is 318 g/mol. The van der Waals surface area contributed by atoms with Gasteiger partial charge in [-0.15, -0.1) is 0 Å². The van der Waals surface area contributed by atoms with E-state index in [-0.39, 0.29) is 17.9 Å². The number of unbranched alkanes of at least 4 members (excludes halogenated alkanes) is 1. The number of nitrogens with one attached hydrogen (secondary N) is 1. The van der Waals surface area contributed by atoms with Crippen molar-refractivity contribution in [2.24, 2.45) is 5.92 Å². The lowest BCUT2D eigenvalue weighted by Crippen LogP contribution is -2.43. The van der Waals surface area contributed by atoms with E-state index in [0.29, 0.717) is 39.1 Å². The Labute approximate surface area is 149 Å². The van der Waals surface area contributed by atoms with E-state index in [0.717, 1.165) is 30.5 Å². The average molecular weight is 347 g/mol. The zero-order chi connectivity index (χ0) is 18.1. The number of nitrogens with zero attached hydrogens (tertiary/aromatic N) is 1. The molecule has 0 radical (unpaired) electrons. The smallest absolute Gasteiger partial charge is 0.409 e. The van der Waals surface area contributed by atoms with Crippen molar-refractivity contribution >= 4 is 17.7 Å². The third-order valence-electron chi connectivity index (χ3n) is 4.54. The number of ether oxygens (including phenoxy) is 1. The summed E-state index contributed by atoms with van der Waals surface area (Å²) in [5.41, 5.74) is 7.56. The van der Waals surface area contributed by atoms with Crippen molar-refractivity contribution in [3.63, 3.8) is 0 Å². The Bertz CT molecular complexity index is 552. The second-order valence-electron chi connectivity index (χ2n) is 6.51. The summed E-state index contributed by atoms with van der Waals surface area (Å²) >= 11 is 0. The summed E-state index contributed by atoms with van der Waals surface area (Å²) in [5.74, 6) is 0.0561. The Morgan fingerprint density at radius 3 is 2.56 bits per heavy atom. The number of nitrogens with two attached hydrogens (primary N) is 1. The maximum Gasteiger partial charge on any atom is 0.409 e. The summed E-state index contributed by atoms with van der Waals surface area (Å²) < 4.78 is 5.22. The molecule has 1 fully saturated rings. The van der Waals surface area contributed by atoms with Crippen molar-refractivity contribution in [2.75, 3.05) is 32.0 Å². The van der Waals surface area contributed by atoms with Crippen LogP contribution in [0.5, 0.6) is 0 Å². The number of carbonyl (C=O) groups is 2. The Balaban J connectivity index is 1.65. The predicted molar refractivity (Wildman–Crippen MR) is 98.1 cm³/mol. The summed E-state index contributed by atoms with van der Waals surface area (Å²) in [4.78, 5) is 25.9. The molecule has 1 saturated heterocycles. The van der Waals surface area contributed by atoms with Crippen LogP contribution < -0.4 is 11.1 Å². The fourth-order valence-corrected chi connectivity index (χ4v) is 2.88. The Morgan fingerprint density at radius 1 is 1.24 bits per heavy atom. The molecule has 1 aromatic carbocycles. The second kappa shape index (κ2) is 9.91. The third-order valence-corrected chi connectivity index (χ3v) is 4.54. The van der Waals surface area contributed by atoms with E-state index in [1.54, 1.807) is 4.90 Å². The normalized spacial score (nSPS) is 15.0. The molecule has 3 N–H and O–H groups in total. The van der Waals surface area contributed by atoms with Crippen LogP contribution in [0, 0.1) is 5.92 Å². The highest BCUT2D eigenvalue weighted by molar-refractivity contribution is 5.79. The number of nitrogen functional groups attached to an aromatic ring is 1. The largest absolute Gasteiger partial charge is 0.449 e. The summed E-state index contributed by atoms with van der Waals surface area (Å²) in [6.07, 6.45) is 3.81. The number of hydrogen-bond donors (Lipinski definition) is 2. The molecular formula is C19H29N3O3. The fraction of sp³-hybridized carbons (Fsp3) is 0.579. The maximum atomic E-state index is 12.3. The Kier molecular flexibility index (Phi) is 7.57. The second-order valence-corrected chi connectivity index (χ2v) is 6.51. The molecule has 0 atom stereocenters. The van der Waals surface area contributed by atoms with E-state index in [1.165, 1.54) is 0 Å². The van der Waals surface area contributed by atoms with E-state index < -0.39 is 0 Å². The molecule has 25 heavy (non-hydrogen) atoms. The molecule has 2 rings (SSSR count). The van der Waals surface area contributed by atoms with Crippen LogP contribution in [0.2, 0.25) is 0 Å². The zero-order valence-electron chi connectivity index (χ0n) is 15.0. The molecule has 138 valence electrons. The third kappa shape index (κ3) is 6.29. The van der Waals surface area contributed by atoms with Gasteiger partial charge >= 0.3 is 6.09 Å². The van der Waals surface area contributed by atoms with Crippen LogP contribution in [0.15, 0.2) is 24.3 Å². The number of hydrogen-bond acceptors (Lipinski definition) is 4. The van der Waals surface area contributed by atoms with Gasteiger partial charge in [-0.3, -0.25) is 4.79 Å². The zero-order valence-corrected chi connectivity index (χ0v) is 15.0. The van der Waals surface area contributed by atoms with E-state index in [4.69, 9.17) is 10.5 Å². The standard InChI is InChI=1S/C19H29N3O3/c1-2-3-14-25-19(24)22-12-9-16(10-13-22)18(23)21-11-8-15-4-6-17(20)7-5-15/h4-7,16H,2-3,8-14,20H2,1H3,(H,21,23). The predicted octanol–water partition coefficient (Wildman–Crippen LogP) is 2.58. The SMILES string of the molecule is CCCCOC(=O)N1CCC(C(=O)NCCc2ccc(N)cc2)CC1. The number of rotatable bonds is 7. The number of likely N-dealkylation sites (tertiary alicyclic amines) is 1. The van der Waals surface area contributed by atoms with Gasteiger partial charge < -0.3 is 20.7 Å². The number of anilines is 1. The molecule has 6 nitrogen and oxygen atoms in total. The van der Waals surface area contributed by atoms with Crippen LogP contribution in [0.25, 0.3) is 0 Å². The molecule has 1 heterocycles. The van der Waals surface area contributed by atoms with Crippen LogP contribution in [0.4, 0.5) is 10.5 Å². The molecule has 6 heteroatoms. The van der Waals surface area contributed by atoms with Gasteiger partial charge in [0.15, 0.2) is 0 Å². The van der Waals surface area contributed by atoms with Gasteiger partial charge in [0.1, 0.15) is 0 Å². The first-order valence-corrected chi connectivity index (χ1v) is 9.14. The minimum absolute atomic E-state index is 0.0221. The molecule has 0 saturated carbocycles. The highest BCUT2D eigenvalue weighted by Gasteiger charge is 2.27. The van der Waals surface area contributed by atoms with Gasteiger partial charge in [-0.05, 0) is 43.4 Å². The molecule has 0 aromatic heterocycles. The van der Waals surface area contributed by atoms with E-state index in [1.807, 2.05) is 24.3 Å². The molecule has 0 bridgehead atoms. The summed E-state index contributed by atoms with van der Waals surface area (Å²) in [6.45, 7) is 4.32. The molecule has 1 aromatic rings. The monoisotopic (exact) mass is 347 g/mol. The van der Waals surface area contributed by atoms with Crippen molar-refractivity contribution in [1.82, 2.24) is 10.2 Å². The summed E-state index contributed by atoms with van der Waals surface area (Å²) in [6, 6.07) is 7.69. The number of benzene rings is 1. The average Bonchev–Trinajstić information content (AvgIpc) is 2.63. The van der Waals surface area contributed by atoms with E-state index in [9.17, 15) is 9.59 Å². The number of carbonyl (C=O) groups excluding carboxylic acids is 2. The van der Waals surface area contributed by atoms with Crippen molar-refractivity contribution < 1.29 is 14.3 Å². The van der Waals surface area contributed by atoms with Gasteiger partial charge in [0.05, 0.1) is 6.61 Å². The number of piperidine rings is 1. The molecule has 2 amide bonds. The summed E-state index contributed by atoms with van der Waals surface area (Å²) in [5, 5.41) is 3.00. The van der Waals surface area contributed by atoms with Gasteiger partial charge in [-0.25, -0.2) is 4.79 Å². The van der Waals surface area contributed by atoms with Crippen LogP contribution in [0.1, 0.15) is 38.2 Å². The minimum Gasteiger partial charge on any atom is -0.449 e. The van der Waals surface area contributed by atoms with Crippen LogP contribution in [-0.2, 0) is 16.0 Å². The fourth-order valence-electron chi connectivity index (χ4n) is 2.88. The lowest BCUT2D eigenvalue weighted by molar-refractivity contribution is -0.126. The van der Waals surface area contributed by atoms with Crippen LogP contribution >= 0.6 is 0 Å². The first-order chi connectivity index (χ1) is 12.1. The molecule has 1 aliphatic heterocycles. The lowest BCUT2D eigenvalue weighted by Gasteiger charge is -2.30. The maximum absolute atomic E-state index is 12.3. The summed E-state index contributed by atoms with van der Waals surface area (Å²) in [7, 11) is 0. The van der Waals surface area contributed by atoms with Crippen molar-refractivity contribution in [1.29, 1.82) is 0 Å². The van der Waals surface area contributed by atoms with E-state index >= 15 is 0 Å². The number of amides is 2. The van der Waals surface area contributed by atoms with Gasteiger partial charge in [0.25, 0.3) is 0 Å². The van der Waals surface area contributed by atoms with Crippen molar-refractivity contribution in [3.8, 4) is 0 Å². The van der Waals surface area contributed by atoms with Gasteiger partial charge in [0.2, 0.25) is 5.91 Å². The molecule has 0 aliphatic carbocycles. The first kappa shape index (κ1) is 19.1. The topological polar surface area (TPSA) is 84.7 Å². The van der Waals surface area contributed by atoms with Gasteiger partial charge in [-0.1, -0.05) is 25.5 Å². The van der Waals surface area contributed by atoms with Gasteiger partial charge in [-0.2, -0.15) is 0 Å². The highest BCUT2D eigenvalue weighted by atomic mass is 16.6. The van der Waals surface area contributed by atoms with Crippen molar-refractivity contribution in [3.05, 3.63) is 29.8 Å². The lowest BCUT2D eigenvalue weighted by atomic mass is 9.96. The highest BCUT2D eigenvalue weighted by Crippen LogP contribution is 2.18. The molecule has 1 aliphatic rings.